The van der Waals surface area contributed by atoms with Crippen LogP contribution in [0.5, 0.6) is 0 Å². The number of likely N-dealkylation sites (tertiary alicyclic amines) is 2. The van der Waals surface area contributed by atoms with Gasteiger partial charge in [0.2, 0.25) is 15.7 Å². The number of anilines is 2. The van der Waals surface area contributed by atoms with E-state index < -0.39 is 33.0 Å². The van der Waals surface area contributed by atoms with Gasteiger partial charge in [-0.25, -0.2) is 26.0 Å². The highest BCUT2D eigenvalue weighted by atomic mass is 32.2. The molecular formula is C43H50F4N4O5S. The highest BCUT2D eigenvalue weighted by Gasteiger charge is 2.54. The molecule has 3 aromatic carbocycles. The molecule has 0 radical (unpaired) electrons. The fourth-order valence-electron chi connectivity index (χ4n) is 9.95. The highest BCUT2D eigenvalue weighted by Crippen LogP contribution is 2.54. The Morgan fingerprint density at radius 2 is 1.63 bits per heavy atom. The average molecular weight is 811 g/mol. The van der Waals surface area contributed by atoms with Crippen molar-refractivity contribution in [1.29, 1.82) is 0 Å². The van der Waals surface area contributed by atoms with Gasteiger partial charge in [-0.1, -0.05) is 25.1 Å². The van der Waals surface area contributed by atoms with E-state index in [2.05, 4.69) is 21.7 Å². The summed E-state index contributed by atoms with van der Waals surface area (Å²) in [6.07, 6.45) is 6.80. The third kappa shape index (κ3) is 8.36. The number of nitrogens with one attached hydrogen (secondary N) is 1. The van der Waals surface area contributed by atoms with Crippen LogP contribution in [-0.2, 0) is 29.6 Å². The lowest BCUT2D eigenvalue weighted by atomic mass is 9.56. The summed E-state index contributed by atoms with van der Waals surface area (Å²) in [5.41, 5.74) is -1.31. The van der Waals surface area contributed by atoms with Crippen LogP contribution < -0.4 is 10.2 Å². The quantitative estimate of drug-likeness (QED) is 0.0812. The summed E-state index contributed by atoms with van der Waals surface area (Å²) < 4.78 is 92.9. The van der Waals surface area contributed by atoms with Gasteiger partial charge in [0, 0.05) is 24.9 Å². The summed E-state index contributed by atoms with van der Waals surface area (Å²) in [5.74, 6) is -2.45. The normalized spacial score (nSPS) is 22.6. The summed E-state index contributed by atoms with van der Waals surface area (Å²) in [6, 6.07) is 13.3. The minimum atomic E-state index is -4.30. The molecular weight excluding hydrogens is 761 g/mol. The molecule has 1 amide bonds. The topological polar surface area (TPSA) is 99.3 Å². The number of sulfone groups is 1. The Balaban J connectivity index is 1.03. The summed E-state index contributed by atoms with van der Waals surface area (Å²) in [5, 5.41) is 2.22. The highest BCUT2D eigenvalue weighted by molar-refractivity contribution is 7.91. The predicted molar refractivity (Wildman–Crippen MR) is 209 cm³/mol. The molecule has 3 saturated heterocycles. The van der Waals surface area contributed by atoms with Crippen molar-refractivity contribution in [2.45, 2.75) is 65.8 Å². The number of esters is 1. The summed E-state index contributed by atoms with van der Waals surface area (Å²) in [7, 11) is -2.88. The van der Waals surface area contributed by atoms with Gasteiger partial charge < -0.3 is 19.9 Å². The van der Waals surface area contributed by atoms with Gasteiger partial charge in [0.25, 0.3) is 0 Å². The number of hydrogen-bond donors (Lipinski definition) is 1. The maximum atomic E-state index is 16.3. The molecule has 306 valence electrons. The molecule has 3 atom stereocenters. The number of carbonyl (C=O) groups excluding carboxylic acids is 2. The van der Waals surface area contributed by atoms with Crippen LogP contribution in [0.3, 0.4) is 0 Å². The number of hydrogen-bond acceptors (Lipinski definition) is 8. The number of ether oxygens (including phenoxy) is 1. The average Bonchev–Trinajstić information content (AvgIpc) is 3.62. The van der Waals surface area contributed by atoms with E-state index in [-0.39, 0.29) is 75.8 Å². The molecule has 3 aliphatic heterocycles. The Labute approximate surface area is 332 Å². The van der Waals surface area contributed by atoms with E-state index in [9.17, 15) is 22.4 Å². The second-order valence-corrected chi connectivity index (χ2v) is 18.2. The van der Waals surface area contributed by atoms with Gasteiger partial charge >= 0.3 is 5.97 Å². The zero-order chi connectivity index (χ0) is 40.5. The number of piperidine rings is 1. The molecule has 9 nitrogen and oxygen atoms in total. The lowest BCUT2D eigenvalue weighted by molar-refractivity contribution is -0.142. The monoisotopic (exact) mass is 810 g/mol. The molecule has 3 heterocycles. The van der Waals surface area contributed by atoms with Crippen LogP contribution in [0.4, 0.5) is 28.9 Å². The van der Waals surface area contributed by atoms with Gasteiger partial charge in [-0.15, -0.1) is 0 Å². The van der Waals surface area contributed by atoms with E-state index >= 15 is 13.2 Å². The number of benzene rings is 3. The molecule has 4 fully saturated rings. The second-order valence-electron chi connectivity index (χ2n) is 16.3. The van der Waals surface area contributed by atoms with E-state index in [0.29, 0.717) is 19.5 Å². The Morgan fingerprint density at radius 3 is 2.28 bits per heavy atom. The van der Waals surface area contributed by atoms with Crippen molar-refractivity contribution >= 4 is 33.1 Å². The van der Waals surface area contributed by atoms with Gasteiger partial charge in [0.15, 0.2) is 5.67 Å². The summed E-state index contributed by atoms with van der Waals surface area (Å²) in [6.45, 7) is 7.36. The van der Waals surface area contributed by atoms with E-state index in [0.717, 1.165) is 94.1 Å². The maximum Gasteiger partial charge on any atom is 0.305 e. The maximum absolute atomic E-state index is 16.3. The Kier molecular flexibility index (Phi) is 11.9. The van der Waals surface area contributed by atoms with Crippen molar-refractivity contribution in [3.63, 3.8) is 0 Å². The molecule has 57 heavy (non-hydrogen) atoms. The standard InChI is InChI=1S/C43H50F4N4O5S/c1-3-40(52)48-38-24-34(11-13-36(38)45)57(54,55)33-12-14-39(37(46)23-33)51-26-42(47,27-51)25-50-19-15-30(16-20-50)43(28-49-17-6-18-49,31-8-5-9-32(44)22-31)35-10-4-7-29(35)21-41(53)56-2/h3,5,8-9,11-14,22-24,29-30,35H,1,4,6-7,10,15-21,25-28H2,2H3,(H,48,52)/t29-,35+,43+/m1/s1. The molecule has 0 spiro atoms. The van der Waals surface area contributed by atoms with Crippen LogP contribution in [0.25, 0.3) is 0 Å². The van der Waals surface area contributed by atoms with Crippen molar-refractivity contribution in [2.24, 2.45) is 17.8 Å². The van der Waals surface area contributed by atoms with E-state index in [4.69, 9.17) is 4.74 Å². The smallest absolute Gasteiger partial charge is 0.305 e. The number of methoxy groups -OCH3 is 1. The summed E-state index contributed by atoms with van der Waals surface area (Å²) >= 11 is 0. The zero-order valence-corrected chi connectivity index (χ0v) is 33.0. The third-order valence-corrected chi connectivity index (χ3v) is 14.6. The van der Waals surface area contributed by atoms with Gasteiger partial charge in [0.1, 0.15) is 17.5 Å². The number of rotatable bonds is 14. The molecule has 4 aliphatic rings. The van der Waals surface area contributed by atoms with Crippen LogP contribution >= 0.6 is 0 Å². The largest absolute Gasteiger partial charge is 0.469 e. The first-order chi connectivity index (χ1) is 27.2. The van der Waals surface area contributed by atoms with Gasteiger partial charge in [0.05, 0.1) is 41.4 Å². The molecule has 7 rings (SSSR count). The van der Waals surface area contributed by atoms with Crippen LogP contribution in [0.2, 0.25) is 0 Å². The second kappa shape index (κ2) is 16.5. The molecule has 3 aromatic rings. The molecule has 1 N–H and O–H groups in total. The molecule has 14 heteroatoms. The van der Waals surface area contributed by atoms with Crippen molar-refractivity contribution in [3.05, 3.63) is 96.3 Å². The molecule has 0 aromatic heterocycles. The van der Waals surface area contributed by atoms with E-state index in [1.165, 1.54) is 25.3 Å². The molecule has 0 unspecified atom stereocenters. The lowest BCUT2D eigenvalue weighted by Gasteiger charge is -2.54. The SMILES string of the molecule is C=CC(=O)Nc1cc(S(=O)(=O)c2ccc(N3CC(F)(CN4CCC([C@@](CN5CCC5)(c5cccc(F)c5)[C@H]5CCC[C@@H]5CC(=O)OC)CC4)C3)c(F)c2)ccc1F. The number of halogens is 4. The number of carbonyl (C=O) groups is 2. The van der Waals surface area contributed by atoms with Crippen LogP contribution in [0.15, 0.2) is 83.1 Å². The Bertz CT molecular complexity index is 2100. The van der Waals surface area contributed by atoms with Crippen molar-refractivity contribution in [1.82, 2.24) is 9.80 Å². The zero-order valence-electron chi connectivity index (χ0n) is 32.2. The van der Waals surface area contributed by atoms with Gasteiger partial charge in [-0.05, 0) is 136 Å². The fraction of sp³-hybridized carbons (Fsp3) is 0.488. The number of alkyl halides is 1. The van der Waals surface area contributed by atoms with Crippen LogP contribution in [0, 0.1) is 35.2 Å². The first-order valence-corrected chi connectivity index (χ1v) is 21.2. The molecule has 1 aliphatic carbocycles. The first-order valence-electron chi connectivity index (χ1n) is 19.7. The van der Waals surface area contributed by atoms with Gasteiger partial charge in [-0.2, -0.15) is 0 Å². The Hall–Kier alpha value is -4.27. The minimum Gasteiger partial charge on any atom is -0.469 e. The Morgan fingerprint density at radius 1 is 0.912 bits per heavy atom. The fourth-order valence-corrected chi connectivity index (χ4v) is 11.2. The third-order valence-electron chi connectivity index (χ3n) is 12.8. The molecule has 1 saturated carbocycles. The van der Waals surface area contributed by atoms with E-state index in [1.54, 1.807) is 17.0 Å². The summed E-state index contributed by atoms with van der Waals surface area (Å²) in [4.78, 5) is 29.7. The van der Waals surface area contributed by atoms with Gasteiger partial charge in [-0.3, -0.25) is 14.5 Å². The number of nitrogens with zero attached hydrogens (tertiary/aromatic N) is 3. The minimum absolute atomic E-state index is 0.0697. The lowest BCUT2D eigenvalue weighted by Crippen LogP contribution is -2.65. The van der Waals surface area contributed by atoms with E-state index in [1.807, 2.05) is 6.07 Å². The molecule has 0 bridgehead atoms. The van der Waals surface area contributed by atoms with Crippen molar-refractivity contribution in [3.8, 4) is 0 Å². The first kappa shape index (κ1) is 40.9. The number of amides is 1. The predicted octanol–water partition coefficient (Wildman–Crippen LogP) is 6.92. The van der Waals surface area contributed by atoms with Crippen LogP contribution in [-0.4, -0.2) is 95.2 Å². The van der Waals surface area contributed by atoms with Crippen LogP contribution in [0.1, 0.15) is 50.5 Å². The van der Waals surface area contributed by atoms with Crippen molar-refractivity contribution in [2.75, 3.05) is 69.7 Å². The van der Waals surface area contributed by atoms with Crippen molar-refractivity contribution < 1.29 is 40.3 Å².